The molecule has 7 heteroatoms. The van der Waals surface area contributed by atoms with Crippen LogP contribution in [0.2, 0.25) is 0 Å². The predicted molar refractivity (Wildman–Crippen MR) is 104 cm³/mol. The molecule has 0 aliphatic carbocycles. The molecule has 0 aromatic carbocycles. The van der Waals surface area contributed by atoms with Gasteiger partial charge in [0.25, 0.3) is 5.56 Å². The standard InChI is InChI=1S/C20H22N6O/c1-13-10-25-11-15(2-3-18(25)23-13)16-8-20(27)26-12-17(22-9-19(26)24-16)14-4-6-21-7-5-14/h2-3,8-12,14,18,21,23H,4-7H2,1H3. The van der Waals surface area contributed by atoms with Crippen molar-refractivity contribution in [3.05, 3.63) is 70.5 Å². The monoisotopic (exact) mass is 362 g/mol. The molecule has 1 saturated heterocycles. The van der Waals surface area contributed by atoms with Gasteiger partial charge in [-0.25, -0.2) is 4.98 Å². The van der Waals surface area contributed by atoms with Crippen molar-refractivity contribution in [1.29, 1.82) is 0 Å². The molecule has 138 valence electrons. The summed E-state index contributed by atoms with van der Waals surface area (Å²) in [4.78, 5) is 24.1. The van der Waals surface area contributed by atoms with Gasteiger partial charge in [0.05, 0.1) is 17.6 Å². The van der Waals surface area contributed by atoms with E-state index in [4.69, 9.17) is 0 Å². The van der Waals surface area contributed by atoms with Crippen LogP contribution in [0.3, 0.4) is 0 Å². The van der Waals surface area contributed by atoms with E-state index in [0.717, 1.165) is 42.9 Å². The Morgan fingerprint density at radius 3 is 2.93 bits per heavy atom. The fourth-order valence-electron chi connectivity index (χ4n) is 3.97. The van der Waals surface area contributed by atoms with Crippen LogP contribution in [0.1, 0.15) is 37.1 Å². The number of nitrogens with one attached hydrogen (secondary N) is 2. The van der Waals surface area contributed by atoms with Gasteiger partial charge in [-0.1, -0.05) is 6.08 Å². The first-order chi connectivity index (χ1) is 13.2. The van der Waals surface area contributed by atoms with Gasteiger partial charge < -0.3 is 15.5 Å². The molecule has 27 heavy (non-hydrogen) atoms. The summed E-state index contributed by atoms with van der Waals surface area (Å²) >= 11 is 0. The first kappa shape index (κ1) is 16.3. The van der Waals surface area contributed by atoms with Gasteiger partial charge in [0.2, 0.25) is 0 Å². The Bertz CT molecular complexity index is 1040. The van der Waals surface area contributed by atoms with Crippen molar-refractivity contribution in [3.63, 3.8) is 0 Å². The van der Waals surface area contributed by atoms with E-state index in [2.05, 4.69) is 37.8 Å². The summed E-state index contributed by atoms with van der Waals surface area (Å²) in [6, 6.07) is 1.61. The number of piperidine rings is 1. The molecule has 2 aromatic rings. The normalized spacial score (nSPS) is 22.4. The van der Waals surface area contributed by atoms with Gasteiger partial charge in [0.1, 0.15) is 6.17 Å². The lowest BCUT2D eigenvalue weighted by Crippen LogP contribution is -2.32. The minimum atomic E-state index is -0.0738. The van der Waals surface area contributed by atoms with E-state index in [1.54, 1.807) is 16.7 Å². The van der Waals surface area contributed by atoms with Crippen LogP contribution < -0.4 is 16.2 Å². The van der Waals surface area contributed by atoms with E-state index in [0.29, 0.717) is 17.3 Å². The van der Waals surface area contributed by atoms with Crippen LogP contribution in [0.25, 0.3) is 11.2 Å². The zero-order valence-corrected chi connectivity index (χ0v) is 15.2. The van der Waals surface area contributed by atoms with Crippen molar-refractivity contribution >= 4 is 11.2 Å². The third-order valence-electron chi connectivity index (χ3n) is 5.41. The number of hydrogen-bond acceptors (Lipinski definition) is 6. The third-order valence-corrected chi connectivity index (χ3v) is 5.41. The minimum Gasteiger partial charge on any atom is -0.364 e. The topological polar surface area (TPSA) is 74.6 Å². The zero-order chi connectivity index (χ0) is 18.4. The molecule has 2 aromatic heterocycles. The van der Waals surface area contributed by atoms with Gasteiger partial charge in [-0.3, -0.25) is 14.2 Å². The molecule has 0 amide bonds. The maximum Gasteiger partial charge on any atom is 0.258 e. The second-order valence-electron chi connectivity index (χ2n) is 7.34. The maximum absolute atomic E-state index is 12.8. The molecule has 1 unspecified atom stereocenters. The Morgan fingerprint density at radius 2 is 2.07 bits per heavy atom. The van der Waals surface area contributed by atoms with Crippen LogP contribution in [0, 0.1) is 0 Å². The van der Waals surface area contributed by atoms with Gasteiger partial charge in [-0.15, -0.1) is 0 Å². The second-order valence-corrected chi connectivity index (χ2v) is 7.34. The zero-order valence-electron chi connectivity index (χ0n) is 15.2. The van der Waals surface area contributed by atoms with Crippen molar-refractivity contribution in [1.82, 2.24) is 29.9 Å². The Labute approximate surface area is 157 Å². The average Bonchev–Trinajstić information content (AvgIpc) is 3.07. The smallest absolute Gasteiger partial charge is 0.258 e. The van der Waals surface area contributed by atoms with Crippen LogP contribution in [0.5, 0.6) is 0 Å². The number of nitrogens with zero attached hydrogens (tertiary/aromatic N) is 4. The molecule has 1 atom stereocenters. The van der Waals surface area contributed by atoms with Crippen molar-refractivity contribution in [2.24, 2.45) is 0 Å². The van der Waals surface area contributed by atoms with Gasteiger partial charge in [-0.2, -0.15) is 0 Å². The van der Waals surface area contributed by atoms with Crippen LogP contribution >= 0.6 is 0 Å². The Balaban J connectivity index is 1.51. The Kier molecular flexibility index (Phi) is 3.82. The third kappa shape index (κ3) is 2.94. The summed E-state index contributed by atoms with van der Waals surface area (Å²) in [5.41, 5.74) is 4.19. The van der Waals surface area contributed by atoms with E-state index in [9.17, 15) is 4.79 Å². The largest absolute Gasteiger partial charge is 0.364 e. The molecule has 3 aliphatic rings. The number of aromatic nitrogens is 3. The molecule has 3 aliphatic heterocycles. The van der Waals surface area contributed by atoms with Crippen LogP contribution in [0.15, 0.2) is 53.5 Å². The highest BCUT2D eigenvalue weighted by Crippen LogP contribution is 2.25. The van der Waals surface area contributed by atoms with E-state index in [1.165, 1.54) is 0 Å². The summed E-state index contributed by atoms with van der Waals surface area (Å²) in [5.74, 6) is 0.404. The lowest BCUT2D eigenvalue weighted by Gasteiger charge is -2.24. The molecule has 0 bridgehead atoms. The molecular formula is C20H22N6O. The molecule has 5 heterocycles. The van der Waals surface area contributed by atoms with E-state index in [-0.39, 0.29) is 11.7 Å². The van der Waals surface area contributed by atoms with Crippen molar-refractivity contribution in [2.45, 2.75) is 31.8 Å². The van der Waals surface area contributed by atoms with Gasteiger partial charge in [-0.05, 0) is 38.9 Å². The fraction of sp³-hybridized carbons (Fsp3) is 0.350. The highest BCUT2D eigenvalue weighted by Gasteiger charge is 2.22. The number of allylic oxidation sites excluding steroid dienone is 3. The van der Waals surface area contributed by atoms with Crippen LogP contribution in [-0.4, -0.2) is 38.5 Å². The van der Waals surface area contributed by atoms with E-state index >= 15 is 0 Å². The minimum absolute atomic E-state index is 0.0738. The second kappa shape index (κ2) is 6.35. The first-order valence-corrected chi connectivity index (χ1v) is 9.40. The molecule has 0 spiro atoms. The van der Waals surface area contributed by atoms with Gasteiger partial charge in [0, 0.05) is 41.9 Å². The maximum atomic E-state index is 12.8. The summed E-state index contributed by atoms with van der Waals surface area (Å²) in [5, 5.41) is 6.72. The molecule has 2 N–H and O–H groups in total. The number of hydrogen-bond donors (Lipinski definition) is 2. The van der Waals surface area contributed by atoms with Crippen LogP contribution in [0.4, 0.5) is 0 Å². The Hall–Kier alpha value is -2.93. The molecule has 0 radical (unpaired) electrons. The Morgan fingerprint density at radius 1 is 1.22 bits per heavy atom. The molecule has 0 saturated carbocycles. The lowest BCUT2D eigenvalue weighted by molar-refractivity contribution is 0.426. The van der Waals surface area contributed by atoms with E-state index in [1.807, 2.05) is 25.4 Å². The average molecular weight is 362 g/mol. The SMILES string of the molecule is CC1=CN2C=C(c3cc(=O)n4cc(C5CCNCC5)ncc4n3)C=CC2N1. The summed E-state index contributed by atoms with van der Waals surface area (Å²) in [7, 11) is 0. The molecule has 5 rings (SSSR count). The first-order valence-electron chi connectivity index (χ1n) is 9.40. The molecular weight excluding hydrogens is 340 g/mol. The van der Waals surface area contributed by atoms with Crippen molar-refractivity contribution < 1.29 is 0 Å². The van der Waals surface area contributed by atoms with Crippen molar-refractivity contribution in [2.75, 3.05) is 13.1 Å². The fourth-order valence-corrected chi connectivity index (χ4v) is 3.97. The van der Waals surface area contributed by atoms with E-state index < -0.39 is 0 Å². The molecule has 7 nitrogen and oxygen atoms in total. The van der Waals surface area contributed by atoms with Gasteiger partial charge in [0.15, 0.2) is 5.65 Å². The highest BCUT2D eigenvalue weighted by atomic mass is 16.1. The highest BCUT2D eigenvalue weighted by molar-refractivity contribution is 5.73. The number of rotatable bonds is 2. The lowest BCUT2D eigenvalue weighted by atomic mass is 9.95. The summed E-state index contributed by atoms with van der Waals surface area (Å²) in [6.45, 7) is 4.03. The quantitative estimate of drug-likeness (QED) is 0.845. The summed E-state index contributed by atoms with van der Waals surface area (Å²) in [6.07, 6.45) is 14.0. The van der Waals surface area contributed by atoms with Gasteiger partial charge >= 0.3 is 0 Å². The molecule has 1 fully saturated rings. The van der Waals surface area contributed by atoms with Crippen molar-refractivity contribution in [3.8, 4) is 0 Å². The summed E-state index contributed by atoms with van der Waals surface area (Å²) < 4.78 is 1.62. The predicted octanol–water partition coefficient (Wildman–Crippen LogP) is 1.56. The number of fused-ring (bicyclic) bond motifs is 2. The van der Waals surface area contributed by atoms with Crippen LogP contribution in [-0.2, 0) is 0 Å².